The highest BCUT2D eigenvalue weighted by molar-refractivity contribution is 7.09. The van der Waals surface area contributed by atoms with E-state index in [1.54, 1.807) is 11.3 Å². The maximum Gasteiger partial charge on any atom is 0.222 e. The van der Waals surface area contributed by atoms with Gasteiger partial charge < -0.3 is 10.1 Å². The van der Waals surface area contributed by atoms with E-state index >= 15 is 0 Å². The lowest BCUT2D eigenvalue weighted by molar-refractivity contribution is -0.129. The van der Waals surface area contributed by atoms with E-state index in [0.29, 0.717) is 6.61 Å². The van der Waals surface area contributed by atoms with Crippen molar-refractivity contribution in [3.63, 3.8) is 0 Å². The number of carbonyl (C=O) groups excluding carboxylic acids is 1. The maximum atomic E-state index is 12.2. The number of hydrogen-bond acceptors (Lipinski definition) is 5. The first kappa shape index (κ1) is 17.8. The molecule has 6 heteroatoms. The van der Waals surface area contributed by atoms with Gasteiger partial charge in [-0.2, -0.15) is 0 Å². The van der Waals surface area contributed by atoms with Crippen LogP contribution < -0.4 is 5.32 Å². The summed E-state index contributed by atoms with van der Waals surface area (Å²) in [5.41, 5.74) is 3.31. The summed E-state index contributed by atoms with van der Waals surface area (Å²) in [6.07, 6.45) is 3.33. The Morgan fingerprint density at radius 2 is 2.21 bits per heavy atom. The fourth-order valence-electron chi connectivity index (χ4n) is 3.80. The molecule has 1 aromatic rings. The molecule has 0 bridgehead atoms. The Labute approximate surface area is 148 Å². The molecule has 1 aromatic heterocycles. The van der Waals surface area contributed by atoms with Gasteiger partial charge >= 0.3 is 0 Å². The Bertz CT molecular complexity index is 564. The second-order valence-electron chi connectivity index (χ2n) is 7.54. The predicted octanol–water partition coefficient (Wildman–Crippen LogP) is 2.59. The van der Waals surface area contributed by atoms with Crippen LogP contribution in [0, 0.1) is 18.3 Å². The third-order valence-corrected chi connectivity index (χ3v) is 6.59. The SMILES string of the molecule is Cc1ncsc1CN1CCC2(CCOC[C@@H]2NC(=O)C(C)C)CC1. The predicted molar refractivity (Wildman–Crippen MR) is 96.0 cm³/mol. The number of piperidine rings is 1. The van der Waals surface area contributed by atoms with E-state index in [1.165, 1.54) is 4.88 Å². The summed E-state index contributed by atoms with van der Waals surface area (Å²) in [5.74, 6) is 0.172. The van der Waals surface area contributed by atoms with Crippen LogP contribution in [0.25, 0.3) is 0 Å². The van der Waals surface area contributed by atoms with Crippen LogP contribution in [-0.2, 0) is 16.1 Å². The van der Waals surface area contributed by atoms with Gasteiger partial charge in [0.1, 0.15) is 0 Å². The average Bonchev–Trinajstić information content (AvgIpc) is 2.97. The van der Waals surface area contributed by atoms with Crippen molar-refractivity contribution in [2.45, 2.75) is 52.6 Å². The first-order valence-corrected chi connectivity index (χ1v) is 9.87. The fourth-order valence-corrected chi connectivity index (χ4v) is 4.62. The molecule has 3 heterocycles. The molecule has 2 saturated heterocycles. The second-order valence-corrected chi connectivity index (χ2v) is 8.48. The topological polar surface area (TPSA) is 54.5 Å². The zero-order chi connectivity index (χ0) is 17.2. The largest absolute Gasteiger partial charge is 0.379 e. The maximum absolute atomic E-state index is 12.2. The van der Waals surface area contributed by atoms with Crippen molar-refractivity contribution in [1.82, 2.24) is 15.2 Å². The molecule has 0 unspecified atom stereocenters. The number of likely N-dealkylation sites (tertiary alicyclic amines) is 1. The number of amides is 1. The van der Waals surface area contributed by atoms with Gasteiger partial charge in [0.2, 0.25) is 5.91 Å². The van der Waals surface area contributed by atoms with E-state index in [0.717, 1.165) is 51.2 Å². The second kappa shape index (κ2) is 7.50. The van der Waals surface area contributed by atoms with Gasteiger partial charge in [-0.25, -0.2) is 4.98 Å². The van der Waals surface area contributed by atoms with Crippen LogP contribution in [0.3, 0.4) is 0 Å². The summed E-state index contributed by atoms with van der Waals surface area (Å²) < 4.78 is 5.68. The number of thiazole rings is 1. The summed E-state index contributed by atoms with van der Waals surface area (Å²) in [6.45, 7) is 10.7. The standard InChI is InChI=1S/C18H29N3O2S/c1-13(2)17(22)20-16-11-23-9-6-18(16)4-7-21(8-5-18)10-15-14(3)19-12-24-15/h12-13,16H,4-11H2,1-3H3,(H,20,22)/t16-/m0/s1. The molecule has 134 valence electrons. The molecule has 1 spiro atoms. The van der Waals surface area contributed by atoms with Crippen LogP contribution in [0.4, 0.5) is 0 Å². The van der Waals surface area contributed by atoms with Gasteiger partial charge in [-0.05, 0) is 44.7 Å². The summed E-state index contributed by atoms with van der Waals surface area (Å²) in [5, 5.41) is 3.26. The summed E-state index contributed by atoms with van der Waals surface area (Å²) in [4.78, 5) is 20.4. The van der Waals surface area contributed by atoms with Gasteiger partial charge in [0.25, 0.3) is 0 Å². The lowest BCUT2D eigenvalue weighted by atomic mass is 9.69. The monoisotopic (exact) mass is 351 g/mol. The Morgan fingerprint density at radius 1 is 1.46 bits per heavy atom. The molecular weight excluding hydrogens is 322 g/mol. The minimum Gasteiger partial charge on any atom is -0.379 e. The molecule has 1 amide bonds. The highest BCUT2D eigenvalue weighted by Crippen LogP contribution is 2.41. The Morgan fingerprint density at radius 3 is 2.83 bits per heavy atom. The zero-order valence-electron chi connectivity index (χ0n) is 15.0. The van der Waals surface area contributed by atoms with Crippen LogP contribution in [-0.4, -0.2) is 48.1 Å². The molecule has 1 atom stereocenters. The lowest BCUT2D eigenvalue weighted by Crippen LogP contribution is -2.58. The van der Waals surface area contributed by atoms with Gasteiger partial charge in [0.15, 0.2) is 0 Å². The first-order chi connectivity index (χ1) is 11.5. The lowest BCUT2D eigenvalue weighted by Gasteiger charge is -2.49. The van der Waals surface area contributed by atoms with Crippen molar-refractivity contribution in [3.05, 3.63) is 16.1 Å². The number of aromatic nitrogens is 1. The van der Waals surface area contributed by atoms with Gasteiger partial charge in [0.05, 0.1) is 23.9 Å². The van der Waals surface area contributed by atoms with E-state index in [2.05, 4.69) is 22.1 Å². The molecule has 0 aromatic carbocycles. The molecule has 24 heavy (non-hydrogen) atoms. The molecule has 2 fully saturated rings. The molecule has 0 saturated carbocycles. The van der Waals surface area contributed by atoms with E-state index in [-0.39, 0.29) is 23.3 Å². The van der Waals surface area contributed by atoms with Crippen molar-refractivity contribution in [3.8, 4) is 0 Å². The Hall–Kier alpha value is -0.980. The fraction of sp³-hybridized carbons (Fsp3) is 0.778. The summed E-state index contributed by atoms with van der Waals surface area (Å²) in [6, 6.07) is 0.161. The molecular formula is C18H29N3O2S. The van der Waals surface area contributed by atoms with Crippen LogP contribution in [0.2, 0.25) is 0 Å². The number of nitrogens with one attached hydrogen (secondary N) is 1. The van der Waals surface area contributed by atoms with Gasteiger partial charge in [-0.3, -0.25) is 9.69 Å². The number of ether oxygens (including phenoxy) is 1. The van der Waals surface area contributed by atoms with Crippen molar-refractivity contribution in [2.24, 2.45) is 11.3 Å². The highest BCUT2D eigenvalue weighted by Gasteiger charge is 2.44. The smallest absolute Gasteiger partial charge is 0.222 e. The summed E-state index contributed by atoms with van der Waals surface area (Å²) in [7, 11) is 0. The molecule has 3 rings (SSSR count). The van der Waals surface area contributed by atoms with Crippen LogP contribution >= 0.6 is 11.3 Å². The number of nitrogens with zero attached hydrogens (tertiary/aromatic N) is 2. The molecule has 2 aliphatic rings. The molecule has 1 N–H and O–H groups in total. The molecule has 2 aliphatic heterocycles. The van der Waals surface area contributed by atoms with Gasteiger partial charge in [0, 0.05) is 23.9 Å². The van der Waals surface area contributed by atoms with E-state index < -0.39 is 0 Å². The van der Waals surface area contributed by atoms with Crippen LogP contribution in [0.15, 0.2) is 5.51 Å². The third kappa shape index (κ3) is 3.81. The molecule has 0 radical (unpaired) electrons. The highest BCUT2D eigenvalue weighted by atomic mass is 32.1. The van der Waals surface area contributed by atoms with Crippen molar-refractivity contribution in [2.75, 3.05) is 26.3 Å². The number of aryl methyl sites for hydroxylation is 1. The molecule has 5 nitrogen and oxygen atoms in total. The number of hydrogen-bond donors (Lipinski definition) is 1. The minimum atomic E-state index is 0.0263. The number of carbonyl (C=O) groups is 1. The normalized spacial score (nSPS) is 24.4. The van der Waals surface area contributed by atoms with Gasteiger partial charge in [-0.15, -0.1) is 11.3 Å². The first-order valence-electron chi connectivity index (χ1n) is 8.99. The van der Waals surface area contributed by atoms with Crippen molar-refractivity contribution < 1.29 is 9.53 Å². The van der Waals surface area contributed by atoms with E-state index in [9.17, 15) is 4.79 Å². The van der Waals surface area contributed by atoms with Crippen LogP contribution in [0.5, 0.6) is 0 Å². The van der Waals surface area contributed by atoms with Crippen LogP contribution in [0.1, 0.15) is 43.7 Å². The number of rotatable bonds is 4. The zero-order valence-corrected chi connectivity index (χ0v) is 15.8. The Kier molecular flexibility index (Phi) is 5.57. The quantitative estimate of drug-likeness (QED) is 0.906. The van der Waals surface area contributed by atoms with E-state index in [4.69, 9.17) is 4.74 Å². The minimum absolute atomic E-state index is 0.0263. The third-order valence-electron chi connectivity index (χ3n) is 5.67. The average molecular weight is 352 g/mol. The van der Waals surface area contributed by atoms with E-state index in [1.807, 2.05) is 19.4 Å². The van der Waals surface area contributed by atoms with Gasteiger partial charge in [-0.1, -0.05) is 13.8 Å². The van der Waals surface area contributed by atoms with Crippen molar-refractivity contribution >= 4 is 17.2 Å². The molecule has 0 aliphatic carbocycles. The Balaban J connectivity index is 1.61. The van der Waals surface area contributed by atoms with Crippen molar-refractivity contribution in [1.29, 1.82) is 0 Å². The summed E-state index contributed by atoms with van der Waals surface area (Å²) >= 11 is 1.75.